The molecule has 0 aliphatic rings. The second-order valence-corrected chi connectivity index (χ2v) is 11.4. The Bertz CT molecular complexity index is 2490. The highest BCUT2D eigenvalue weighted by Crippen LogP contribution is 2.42. The molecule has 0 saturated heterocycles. The molecule has 2 aromatic heterocycles. The molecule has 0 radical (unpaired) electrons. The molecule has 210 valence electrons. The van der Waals surface area contributed by atoms with Crippen LogP contribution >= 0.6 is 0 Å². The van der Waals surface area contributed by atoms with Crippen molar-refractivity contribution in [3.05, 3.63) is 164 Å². The highest BCUT2D eigenvalue weighted by atomic mass is 15.0. The molecule has 3 nitrogen and oxygen atoms in total. The fraction of sp³-hybridized carbons (Fsp3) is 0. The number of aromatic nitrogens is 3. The van der Waals surface area contributed by atoms with Crippen LogP contribution in [0.2, 0.25) is 0 Å². The van der Waals surface area contributed by atoms with Crippen LogP contribution < -0.4 is 0 Å². The smallest absolute Gasteiger partial charge is 0.176 e. The number of hydrogen-bond donors (Lipinski definition) is 0. The summed E-state index contributed by atoms with van der Waals surface area (Å²) >= 11 is 0. The molecule has 0 bridgehead atoms. The Morgan fingerprint density at radius 2 is 0.978 bits per heavy atom. The molecule has 2 heterocycles. The van der Waals surface area contributed by atoms with Gasteiger partial charge in [-0.2, -0.15) is 0 Å². The lowest BCUT2D eigenvalue weighted by Gasteiger charge is -2.17. The van der Waals surface area contributed by atoms with Gasteiger partial charge in [-0.05, 0) is 79.3 Å². The van der Waals surface area contributed by atoms with E-state index in [0.717, 1.165) is 27.8 Å². The van der Waals surface area contributed by atoms with Crippen LogP contribution in [-0.4, -0.2) is 14.5 Å². The predicted molar refractivity (Wildman–Crippen MR) is 188 cm³/mol. The first kappa shape index (κ1) is 25.4. The quantitative estimate of drug-likeness (QED) is 0.196. The van der Waals surface area contributed by atoms with E-state index in [1.807, 2.05) is 6.07 Å². The zero-order chi connectivity index (χ0) is 29.7. The second kappa shape index (κ2) is 10.3. The van der Waals surface area contributed by atoms with Gasteiger partial charge >= 0.3 is 0 Å². The first-order valence-corrected chi connectivity index (χ1v) is 15.3. The Morgan fingerprint density at radius 1 is 0.400 bits per heavy atom. The summed E-state index contributed by atoms with van der Waals surface area (Å²) < 4.78 is 2.30. The van der Waals surface area contributed by atoms with Crippen LogP contribution in [0.1, 0.15) is 0 Å². The summed E-state index contributed by atoms with van der Waals surface area (Å²) in [7, 11) is 0. The summed E-state index contributed by atoms with van der Waals surface area (Å²) in [4.78, 5) is 9.28. The lowest BCUT2D eigenvalue weighted by molar-refractivity contribution is 1.07. The van der Waals surface area contributed by atoms with Gasteiger partial charge in [0.1, 0.15) is 0 Å². The normalized spacial score (nSPS) is 11.6. The van der Waals surface area contributed by atoms with Crippen molar-refractivity contribution in [2.45, 2.75) is 0 Å². The number of nitrogens with zero attached hydrogens (tertiary/aromatic N) is 3. The molecule has 3 heteroatoms. The molecule has 0 fully saturated rings. The van der Waals surface area contributed by atoms with Crippen molar-refractivity contribution in [3.8, 4) is 39.5 Å². The first-order valence-electron chi connectivity index (χ1n) is 15.3. The maximum absolute atomic E-state index is 4.64. The van der Waals surface area contributed by atoms with E-state index in [1.54, 1.807) is 12.4 Å². The Kier molecular flexibility index (Phi) is 5.82. The molecule has 0 aliphatic carbocycles. The standard InChI is InChI=1S/C42H27N3/c1-2-13-30(14-3-1)45-40(42-43-24-11-25-44-42)27-29-12-10-21-38(41(29)45)32-16-5-4-15-31(32)28-22-23-37-35-19-7-6-17-33(35)34-18-8-9-20-36(34)39(37)26-28/h1-27H. The third-order valence-electron chi connectivity index (χ3n) is 8.91. The van der Waals surface area contributed by atoms with Crippen molar-refractivity contribution in [3.63, 3.8) is 0 Å². The molecule has 7 aromatic carbocycles. The van der Waals surface area contributed by atoms with E-state index < -0.39 is 0 Å². The molecule has 0 N–H and O–H groups in total. The summed E-state index contributed by atoms with van der Waals surface area (Å²) in [6.07, 6.45) is 3.61. The first-order chi connectivity index (χ1) is 22.3. The molecule has 0 amide bonds. The van der Waals surface area contributed by atoms with Crippen LogP contribution in [0, 0.1) is 0 Å². The number of hydrogen-bond acceptors (Lipinski definition) is 2. The topological polar surface area (TPSA) is 30.7 Å². The van der Waals surface area contributed by atoms with E-state index in [4.69, 9.17) is 0 Å². The van der Waals surface area contributed by atoms with Gasteiger partial charge < -0.3 is 4.57 Å². The lowest BCUT2D eigenvalue weighted by Crippen LogP contribution is -2.00. The van der Waals surface area contributed by atoms with Gasteiger partial charge in [0, 0.05) is 29.0 Å². The van der Waals surface area contributed by atoms with E-state index in [1.165, 1.54) is 49.0 Å². The third kappa shape index (κ3) is 4.05. The van der Waals surface area contributed by atoms with E-state index >= 15 is 0 Å². The minimum atomic E-state index is 0.699. The van der Waals surface area contributed by atoms with E-state index in [9.17, 15) is 0 Å². The monoisotopic (exact) mass is 573 g/mol. The van der Waals surface area contributed by atoms with Gasteiger partial charge in [-0.25, -0.2) is 9.97 Å². The summed E-state index contributed by atoms with van der Waals surface area (Å²) in [6, 6.07) is 54.4. The van der Waals surface area contributed by atoms with Crippen LogP contribution in [0.15, 0.2) is 164 Å². The van der Waals surface area contributed by atoms with Gasteiger partial charge in [0.2, 0.25) is 0 Å². The second-order valence-electron chi connectivity index (χ2n) is 11.4. The number of benzene rings is 7. The van der Waals surface area contributed by atoms with Crippen LogP contribution in [-0.2, 0) is 0 Å². The zero-order valence-electron chi connectivity index (χ0n) is 24.4. The van der Waals surface area contributed by atoms with Crippen molar-refractivity contribution >= 4 is 43.2 Å². The number of para-hydroxylation sites is 2. The lowest BCUT2D eigenvalue weighted by atomic mass is 9.89. The minimum absolute atomic E-state index is 0.699. The largest absolute Gasteiger partial charge is 0.306 e. The predicted octanol–water partition coefficient (Wildman–Crippen LogP) is 10.9. The van der Waals surface area contributed by atoms with Gasteiger partial charge in [-0.3, -0.25) is 0 Å². The van der Waals surface area contributed by atoms with Crippen molar-refractivity contribution in [2.75, 3.05) is 0 Å². The van der Waals surface area contributed by atoms with E-state index in [2.05, 4.69) is 160 Å². The average molecular weight is 574 g/mol. The van der Waals surface area contributed by atoms with E-state index in [-0.39, 0.29) is 0 Å². The van der Waals surface area contributed by atoms with Crippen molar-refractivity contribution in [2.24, 2.45) is 0 Å². The summed E-state index contributed by atoms with van der Waals surface area (Å²) in [5, 5.41) is 8.83. The highest BCUT2D eigenvalue weighted by Gasteiger charge is 2.20. The maximum Gasteiger partial charge on any atom is 0.176 e. The number of fused-ring (bicyclic) bond motifs is 7. The summed E-state index contributed by atoms with van der Waals surface area (Å²) in [5.74, 6) is 0.699. The van der Waals surface area contributed by atoms with Gasteiger partial charge in [-0.1, -0.05) is 121 Å². The molecule has 0 unspecified atom stereocenters. The van der Waals surface area contributed by atoms with Crippen LogP contribution in [0.4, 0.5) is 0 Å². The van der Waals surface area contributed by atoms with Crippen molar-refractivity contribution in [1.82, 2.24) is 14.5 Å². The summed E-state index contributed by atoms with van der Waals surface area (Å²) in [6.45, 7) is 0. The zero-order valence-corrected chi connectivity index (χ0v) is 24.4. The van der Waals surface area contributed by atoms with Gasteiger partial charge in [0.15, 0.2) is 5.82 Å². The van der Waals surface area contributed by atoms with Gasteiger partial charge in [-0.15, -0.1) is 0 Å². The third-order valence-corrected chi connectivity index (χ3v) is 8.91. The fourth-order valence-electron chi connectivity index (χ4n) is 6.96. The molecule has 0 aliphatic heterocycles. The molecular formula is C42H27N3. The number of rotatable bonds is 4. The molecule has 0 spiro atoms. The van der Waals surface area contributed by atoms with Gasteiger partial charge in [0.05, 0.1) is 11.2 Å². The molecular weight excluding hydrogens is 546 g/mol. The SMILES string of the molecule is c1ccc(-n2c(-c3ncccn3)cc3cccc(-c4ccccc4-c4ccc5c6ccccc6c6ccccc6c5c4)c32)cc1. The molecule has 45 heavy (non-hydrogen) atoms. The van der Waals surface area contributed by atoms with Crippen molar-refractivity contribution < 1.29 is 0 Å². The van der Waals surface area contributed by atoms with Gasteiger partial charge in [0.25, 0.3) is 0 Å². The Morgan fingerprint density at radius 3 is 1.69 bits per heavy atom. The average Bonchev–Trinajstić information content (AvgIpc) is 3.52. The molecule has 9 aromatic rings. The Balaban J connectivity index is 1.32. The van der Waals surface area contributed by atoms with Crippen LogP contribution in [0.3, 0.4) is 0 Å². The van der Waals surface area contributed by atoms with Crippen LogP contribution in [0.5, 0.6) is 0 Å². The Hall–Kier alpha value is -6.06. The summed E-state index contributed by atoms with van der Waals surface area (Å²) in [5.41, 5.74) is 7.91. The highest BCUT2D eigenvalue weighted by molar-refractivity contribution is 6.25. The molecule has 9 rings (SSSR count). The minimum Gasteiger partial charge on any atom is -0.306 e. The van der Waals surface area contributed by atoms with Crippen molar-refractivity contribution in [1.29, 1.82) is 0 Å². The fourth-order valence-corrected chi connectivity index (χ4v) is 6.96. The molecule has 0 atom stereocenters. The molecule has 0 saturated carbocycles. The van der Waals surface area contributed by atoms with Crippen LogP contribution in [0.25, 0.3) is 82.7 Å². The Labute approximate surface area is 260 Å². The van der Waals surface area contributed by atoms with E-state index in [0.29, 0.717) is 5.82 Å². The maximum atomic E-state index is 4.64.